The molecule has 0 bridgehead atoms. The predicted octanol–water partition coefficient (Wildman–Crippen LogP) is 4.52. The number of aryl methyl sites for hydroxylation is 1. The lowest BCUT2D eigenvalue weighted by atomic mass is 9.99. The van der Waals surface area contributed by atoms with E-state index in [9.17, 15) is 18.0 Å². The topological polar surface area (TPSA) is 38.3 Å². The number of nitrogens with one attached hydrogen (secondary N) is 1. The van der Waals surface area contributed by atoms with Crippen LogP contribution >= 0.6 is 0 Å². The van der Waals surface area contributed by atoms with E-state index < -0.39 is 6.36 Å². The third-order valence-electron chi connectivity index (χ3n) is 2.95. The number of para-hydroxylation sites is 1. The summed E-state index contributed by atoms with van der Waals surface area (Å²) in [4.78, 5) is 11.0. The first-order chi connectivity index (χ1) is 10.3. The lowest BCUT2D eigenvalue weighted by molar-refractivity contribution is -0.274. The van der Waals surface area contributed by atoms with E-state index in [1.807, 2.05) is 0 Å². The summed E-state index contributed by atoms with van der Waals surface area (Å²) < 4.78 is 41.5. The SMILES string of the molecule is CC(=O)Nc1ccc(-c2ccccc2OC(F)(F)F)c(C)c1. The minimum Gasteiger partial charge on any atom is -0.405 e. The van der Waals surface area contributed by atoms with Gasteiger partial charge in [-0.25, -0.2) is 0 Å². The quantitative estimate of drug-likeness (QED) is 0.905. The van der Waals surface area contributed by atoms with Gasteiger partial charge < -0.3 is 10.1 Å². The summed E-state index contributed by atoms with van der Waals surface area (Å²) in [7, 11) is 0. The standard InChI is InChI=1S/C16H14F3NO2/c1-10-9-12(20-11(2)21)7-8-13(10)14-5-3-4-6-15(14)22-16(17,18)19/h3-9H,1-2H3,(H,20,21). The fraction of sp³-hybridized carbons (Fsp3) is 0.188. The zero-order valence-corrected chi connectivity index (χ0v) is 12.0. The molecule has 1 amide bonds. The molecule has 3 nitrogen and oxygen atoms in total. The number of rotatable bonds is 3. The maximum absolute atomic E-state index is 12.5. The molecule has 2 rings (SSSR count). The molecule has 0 aromatic heterocycles. The Hall–Kier alpha value is -2.50. The molecule has 0 radical (unpaired) electrons. The third kappa shape index (κ3) is 4.00. The van der Waals surface area contributed by atoms with Gasteiger partial charge >= 0.3 is 6.36 Å². The number of anilines is 1. The average molecular weight is 309 g/mol. The van der Waals surface area contributed by atoms with Gasteiger partial charge in [0.2, 0.25) is 5.91 Å². The molecule has 0 spiro atoms. The monoisotopic (exact) mass is 309 g/mol. The Bertz CT molecular complexity index is 696. The molecule has 0 aliphatic heterocycles. The number of halogens is 3. The number of carbonyl (C=O) groups excluding carboxylic acids is 1. The smallest absolute Gasteiger partial charge is 0.405 e. The molecule has 1 N–H and O–H groups in total. The highest BCUT2D eigenvalue weighted by Crippen LogP contribution is 2.36. The third-order valence-corrected chi connectivity index (χ3v) is 2.95. The Morgan fingerprint density at radius 3 is 2.36 bits per heavy atom. The van der Waals surface area contributed by atoms with E-state index in [2.05, 4.69) is 10.1 Å². The minimum absolute atomic E-state index is 0.215. The molecule has 0 aliphatic rings. The lowest BCUT2D eigenvalue weighted by Gasteiger charge is -2.15. The predicted molar refractivity (Wildman–Crippen MR) is 77.6 cm³/mol. The summed E-state index contributed by atoms with van der Waals surface area (Å²) in [5.74, 6) is -0.474. The Labute approximate surface area is 125 Å². The van der Waals surface area contributed by atoms with Gasteiger partial charge in [0, 0.05) is 18.2 Å². The van der Waals surface area contributed by atoms with Crippen molar-refractivity contribution in [1.29, 1.82) is 0 Å². The molecule has 0 unspecified atom stereocenters. The van der Waals surface area contributed by atoms with Crippen molar-refractivity contribution in [2.75, 3.05) is 5.32 Å². The van der Waals surface area contributed by atoms with Gasteiger partial charge in [-0.05, 0) is 36.2 Å². The van der Waals surface area contributed by atoms with E-state index in [1.165, 1.54) is 19.1 Å². The first-order valence-electron chi connectivity index (χ1n) is 6.49. The van der Waals surface area contributed by atoms with Crippen LogP contribution in [0.5, 0.6) is 5.75 Å². The zero-order valence-electron chi connectivity index (χ0n) is 12.0. The van der Waals surface area contributed by atoms with Crippen molar-refractivity contribution in [3.05, 3.63) is 48.0 Å². The van der Waals surface area contributed by atoms with Crippen molar-refractivity contribution >= 4 is 11.6 Å². The van der Waals surface area contributed by atoms with E-state index in [-0.39, 0.29) is 11.7 Å². The highest BCUT2D eigenvalue weighted by atomic mass is 19.4. The number of alkyl halides is 3. The van der Waals surface area contributed by atoms with Gasteiger partial charge in [-0.15, -0.1) is 13.2 Å². The Morgan fingerprint density at radius 2 is 1.77 bits per heavy atom. The molecule has 2 aromatic rings. The van der Waals surface area contributed by atoms with Crippen LogP contribution in [0.3, 0.4) is 0 Å². The van der Waals surface area contributed by atoms with E-state index >= 15 is 0 Å². The first-order valence-corrected chi connectivity index (χ1v) is 6.49. The molecule has 0 saturated carbocycles. The van der Waals surface area contributed by atoms with Crippen LogP contribution in [0.15, 0.2) is 42.5 Å². The van der Waals surface area contributed by atoms with Crippen LogP contribution in [0.4, 0.5) is 18.9 Å². The van der Waals surface area contributed by atoms with E-state index in [1.54, 1.807) is 37.3 Å². The summed E-state index contributed by atoms with van der Waals surface area (Å²) in [5, 5.41) is 2.63. The van der Waals surface area contributed by atoms with Crippen molar-refractivity contribution in [3.8, 4) is 16.9 Å². The Kier molecular flexibility index (Phi) is 4.40. The van der Waals surface area contributed by atoms with Crippen LogP contribution in [0.25, 0.3) is 11.1 Å². The van der Waals surface area contributed by atoms with E-state index in [0.717, 1.165) is 5.56 Å². The summed E-state index contributed by atoms with van der Waals surface area (Å²) in [6.45, 7) is 3.14. The number of carbonyl (C=O) groups is 1. The number of hydrogen-bond acceptors (Lipinski definition) is 2. The van der Waals surface area contributed by atoms with Crippen molar-refractivity contribution in [2.24, 2.45) is 0 Å². The van der Waals surface area contributed by atoms with Crippen LogP contribution in [0.1, 0.15) is 12.5 Å². The average Bonchev–Trinajstić information content (AvgIpc) is 2.37. The second-order valence-corrected chi connectivity index (χ2v) is 4.75. The van der Waals surface area contributed by atoms with E-state index in [0.29, 0.717) is 16.8 Å². The van der Waals surface area contributed by atoms with Crippen LogP contribution in [0, 0.1) is 6.92 Å². The molecule has 2 aromatic carbocycles. The fourth-order valence-electron chi connectivity index (χ4n) is 2.15. The fourth-order valence-corrected chi connectivity index (χ4v) is 2.15. The highest BCUT2D eigenvalue weighted by Gasteiger charge is 2.32. The van der Waals surface area contributed by atoms with Crippen LogP contribution in [-0.4, -0.2) is 12.3 Å². The van der Waals surface area contributed by atoms with Gasteiger partial charge in [-0.1, -0.05) is 24.3 Å². The van der Waals surface area contributed by atoms with Gasteiger partial charge in [0.15, 0.2) is 0 Å². The normalized spacial score (nSPS) is 11.1. The second-order valence-electron chi connectivity index (χ2n) is 4.75. The Morgan fingerprint density at radius 1 is 1.09 bits per heavy atom. The van der Waals surface area contributed by atoms with Crippen LogP contribution in [0.2, 0.25) is 0 Å². The maximum atomic E-state index is 12.5. The molecule has 22 heavy (non-hydrogen) atoms. The molecule has 0 heterocycles. The van der Waals surface area contributed by atoms with Gasteiger partial charge in [0.1, 0.15) is 5.75 Å². The van der Waals surface area contributed by atoms with E-state index in [4.69, 9.17) is 0 Å². The highest BCUT2D eigenvalue weighted by molar-refractivity contribution is 5.89. The number of benzene rings is 2. The summed E-state index contributed by atoms with van der Waals surface area (Å²) in [6.07, 6.45) is -4.75. The van der Waals surface area contributed by atoms with Crippen molar-refractivity contribution in [3.63, 3.8) is 0 Å². The van der Waals surface area contributed by atoms with Crippen LogP contribution < -0.4 is 10.1 Å². The van der Waals surface area contributed by atoms with Crippen molar-refractivity contribution in [1.82, 2.24) is 0 Å². The molecule has 0 atom stereocenters. The molecule has 6 heteroatoms. The molecule has 116 valence electrons. The molecule has 0 aliphatic carbocycles. The van der Waals surface area contributed by atoms with Gasteiger partial charge in [0.05, 0.1) is 0 Å². The van der Waals surface area contributed by atoms with Crippen molar-refractivity contribution < 1.29 is 22.7 Å². The van der Waals surface area contributed by atoms with Crippen LogP contribution in [-0.2, 0) is 4.79 Å². The zero-order chi connectivity index (χ0) is 16.3. The summed E-state index contributed by atoms with van der Waals surface area (Å²) in [6, 6.07) is 10.9. The first kappa shape index (κ1) is 15.9. The number of ether oxygens (including phenoxy) is 1. The van der Waals surface area contributed by atoms with Gasteiger partial charge in [-0.3, -0.25) is 4.79 Å². The summed E-state index contributed by atoms with van der Waals surface area (Å²) in [5.41, 5.74) is 2.26. The molecular formula is C16H14F3NO2. The summed E-state index contributed by atoms with van der Waals surface area (Å²) >= 11 is 0. The number of hydrogen-bond donors (Lipinski definition) is 1. The van der Waals surface area contributed by atoms with Gasteiger partial charge in [-0.2, -0.15) is 0 Å². The lowest BCUT2D eigenvalue weighted by Crippen LogP contribution is -2.17. The molecular weight excluding hydrogens is 295 g/mol. The van der Waals surface area contributed by atoms with Crippen molar-refractivity contribution in [2.45, 2.75) is 20.2 Å². The minimum atomic E-state index is -4.75. The molecule has 0 fully saturated rings. The number of amides is 1. The largest absolute Gasteiger partial charge is 0.573 e. The second kappa shape index (κ2) is 6.09. The Balaban J connectivity index is 2.42. The molecule has 0 saturated heterocycles. The maximum Gasteiger partial charge on any atom is 0.573 e. The van der Waals surface area contributed by atoms with Gasteiger partial charge in [0.25, 0.3) is 0 Å².